The molecule has 29 heavy (non-hydrogen) atoms. The predicted molar refractivity (Wildman–Crippen MR) is 109 cm³/mol. The second-order valence-electron chi connectivity index (χ2n) is 6.25. The molecule has 0 aliphatic rings. The summed E-state index contributed by atoms with van der Waals surface area (Å²) < 4.78 is 0. The van der Waals surface area contributed by atoms with E-state index in [4.69, 9.17) is 0 Å². The van der Waals surface area contributed by atoms with E-state index in [-0.39, 0.29) is 22.5 Å². The summed E-state index contributed by atoms with van der Waals surface area (Å²) in [5.74, 6) is -0.332. The van der Waals surface area contributed by atoms with Crippen LogP contribution in [0, 0.1) is 0 Å². The number of nitrogens with zero attached hydrogens (tertiary/aromatic N) is 3. The van der Waals surface area contributed by atoms with Crippen molar-refractivity contribution in [3.05, 3.63) is 73.6 Å². The monoisotopic (exact) mass is 408 g/mol. The average Bonchev–Trinajstić information content (AvgIpc) is 3.20. The fraction of sp³-hybridized carbons (Fsp3) is 0.158. The van der Waals surface area contributed by atoms with Crippen LogP contribution >= 0.6 is 11.3 Å². The number of hydrogen-bond donors (Lipinski definition) is 3. The summed E-state index contributed by atoms with van der Waals surface area (Å²) in [6.07, 6.45) is 6.26. The summed E-state index contributed by atoms with van der Waals surface area (Å²) in [6, 6.07) is 5.24. The zero-order valence-corrected chi connectivity index (χ0v) is 16.0. The minimum absolute atomic E-state index is 0.143. The third kappa shape index (κ3) is 4.27. The fourth-order valence-electron chi connectivity index (χ4n) is 2.80. The van der Waals surface area contributed by atoms with Gasteiger partial charge in [-0.1, -0.05) is 0 Å². The molecular weight excluding hydrogens is 392 g/mol. The van der Waals surface area contributed by atoms with Gasteiger partial charge in [0.2, 0.25) is 0 Å². The first kappa shape index (κ1) is 18.7. The molecule has 146 valence electrons. The number of thiazole rings is 1. The van der Waals surface area contributed by atoms with Gasteiger partial charge >= 0.3 is 5.69 Å². The Hall–Kier alpha value is -3.66. The molecule has 0 fully saturated rings. The highest BCUT2D eigenvalue weighted by atomic mass is 32.1. The van der Waals surface area contributed by atoms with Gasteiger partial charge in [-0.3, -0.25) is 24.5 Å². The van der Waals surface area contributed by atoms with Gasteiger partial charge < -0.3 is 5.32 Å². The summed E-state index contributed by atoms with van der Waals surface area (Å²) >= 11 is 1.58. The number of amides is 1. The molecule has 0 bridgehead atoms. The maximum Gasteiger partial charge on any atom is 0.327 e. The topological polar surface area (TPSA) is 133 Å². The number of nitrogens with one attached hydrogen (secondary N) is 3. The van der Waals surface area contributed by atoms with Gasteiger partial charge in [-0.15, -0.1) is 11.3 Å². The maximum atomic E-state index is 12.3. The lowest BCUT2D eigenvalue weighted by molar-refractivity contribution is 0.0953. The van der Waals surface area contributed by atoms with E-state index >= 15 is 0 Å². The summed E-state index contributed by atoms with van der Waals surface area (Å²) in [5.41, 5.74) is 1.12. The number of rotatable bonds is 6. The number of pyridine rings is 2. The van der Waals surface area contributed by atoms with Gasteiger partial charge in [0.25, 0.3) is 11.5 Å². The van der Waals surface area contributed by atoms with Gasteiger partial charge in [0.05, 0.1) is 21.7 Å². The van der Waals surface area contributed by atoms with Crippen LogP contribution in [0.1, 0.15) is 21.8 Å². The highest BCUT2D eigenvalue weighted by Gasteiger charge is 2.10. The first-order chi connectivity index (χ1) is 14.1. The van der Waals surface area contributed by atoms with Crippen LogP contribution in [0.4, 0.5) is 0 Å². The molecule has 4 aromatic rings. The van der Waals surface area contributed by atoms with Gasteiger partial charge in [-0.25, -0.2) is 14.8 Å². The quantitative estimate of drug-likeness (QED) is 0.414. The summed E-state index contributed by atoms with van der Waals surface area (Å²) in [4.78, 5) is 52.5. The van der Waals surface area contributed by atoms with Crippen molar-refractivity contribution < 1.29 is 4.79 Å². The Kier molecular flexibility index (Phi) is 5.25. The Labute approximate surface area is 167 Å². The van der Waals surface area contributed by atoms with Crippen LogP contribution in [-0.2, 0) is 6.42 Å². The van der Waals surface area contributed by atoms with Crippen LogP contribution in [0.25, 0.3) is 22.3 Å². The highest BCUT2D eigenvalue weighted by molar-refractivity contribution is 7.09. The molecule has 0 unspecified atom stereocenters. The van der Waals surface area contributed by atoms with Crippen LogP contribution in [0.2, 0.25) is 0 Å². The Bertz CT molecular complexity index is 1280. The standard InChI is InChI=1S/C19H16N6O3S/c26-17(12-8-13-16(22-9-12)24-19(28)25-18(13)27)21-5-1-2-15-23-14(10-29-15)11-3-6-20-7-4-11/h3-4,6-10H,1-2,5H2,(H,21,26)(H2,22,24,25,27,28). The Morgan fingerprint density at radius 1 is 1.17 bits per heavy atom. The van der Waals surface area contributed by atoms with Crippen molar-refractivity contribution in [2.75, 3.05) is 6.54 Å². The number of H-pyrrole nitrogens is 2. The van der Waals surface area contributed by atoms with Crippen molar-refractivity contribution in [2.24, 2.45) is 0 Å². The van der Waals surface area contributed by atoms with E-state index in [1.54, 1.807) is 23.7 Å². The Morgan fingerprint density at radius 2 is 2.00 bits per heavy atom. The predicted octanol–water partition coefficient (Wildman–Crippen LogP) is 1.49. The van der Waals surface area contributed by atoms with E-state index in [1.807, 2.05) is 17.5 Å². The minimum atomic E-state index is -0.638. The molecule has 4 rings (SSSR count). The van der Waals surface area contributed by atoms with Gasteiger partial charge in [0.1, 0.15) is 5.65 Å². The van der Waals surface area contributed by atoms with E-state index in [2.05, 4.69) is 30.2 Å². The number of fused-ring (bicyclic) bond motifs is 1. The minimum Gasteiger partial charge on any atom is -0.352 e. The smallest absolute Gasteiger partial charge is 0.327 e. The van der Waals surface area contributed by atoms with E-state index < -0.39 is 11.2 Å². The lowest BCUT2D eigenvalue weighted by atomic mass is 10.2. The van der Waals surface area contributed by atoms with Gasteiger partial charge in [-0.05, 0) is 24.6 Å². The van der Waals surface area contributed by atoms with Gasteiger partial charge in [0, 0.05) is 42.5 Å². The lowest BCUT2D eigenvalue weighted by Crippen LogP contribution is -2.26. The number of carbonyl (C=O) groups excluding carboxylic acids is 1. The van der Waals surface area contributed by atoms with Crippen LogP contribution in [0.15, 0.2) is 51.8 Å². The Balaban J connectivity index is 1.34. The fourth-order valence-corrected chi connectivity index (χ4v) is 3.65. The summed E-state index contributed by atoms with van der Waals surface area (Å²) in [5, 5.41) is 5.97. The maximum absolute atomic E-state index is 12.3. The number of aromatic amines is 2. The SMILES string of the molecule is O=C(NCCCc1nc(-c2ccncc2)cs1)c1cnc2[nH]c(=O)[nH]c(=O)c2c1. The Morgan fingerprint density at radius 3 is 2.83 bits per heavy atom. The number of hydrogen-bond acceptors (Lipinski definition) is 7. The molecule has 0 saturated heterocycles. The zero-order valence-electron chi connectivity index (χ0n) is 15.1. The molecule has 0 radical (unpaired) electrons. The summed E-state index contributed by atoms with van der Waals surface area (Å²) in [6.45, 7) is 0.461. The van der Waals surface area contributed by atoms with E-state index in [9.17, 15) is 14.4 Å². The molecular formula is C19H16N6O3S. The molecule has 4 heterocycles. The highest BCUT2D eigenvalue weighted by Crippen LogP contribution is 2.21. The van der Waals surface area contributed by atoms with Crippen molar-refractivity contribution in [3.63, 3.8) is 0 Å². The third-order valence-corrected chi connectivity index (χ3v) is 5.14. The summed E-state index contributed by atoms with van der Waals surface area (Å²) in [7, 11) is 0. The molecule has 0 atom stereocenters. The zero-order chi connectivity index (χ0) is 20.2. The second-order valence-corrected chi connectivity index (χ2v) is 7.19. The molecule has 3 N–H and O–H groups in total. The van der Waals surface area contributed by atoms with E-state index in [0.717, 1.165) is 29.1 Å². The molecule has 1 amide bonds. The second kappa shape index (κ2) is 8.15. The van der Waals surface area contributed by atoms with Crippen molar-refractivity contribution in [3.8, 4) is 11.3 Å². The van der Waals surface area contributed by atoms with Crippen LogP contribution in [0.5, 0.6) is 0 Å². The van der Waals surface area contributed by atoms with Crippen molar-refractivity contribution >= 4 is 28.3 Å². The molecule has 0 aliphatic heterocycles. The third-order valence-electron chi connectivity index (χ3n) is 4.23. The number of aromatic nitrogens is 5. The van der Waals surface area contributed by atoms with Crippen LogP contribution < -0.4 is 16.6 Å². The molecule has 0 aliphatic carbocycles. The van der Waals surface area contributed by atoms with Gasteiger partial charge in [-0.2, -0.15) is 0 Å². The number of aryl methyl sites for hydroxylation is 1. The van der Waals surface area contributed by atoms with E-state index in [0.29, 0.717) is 6.54 Å². The molecule has 9 nitrogen and oxygen atoms in total. The van der Waals surface area contributed by atoms with Crippen molar-refractivity contribution in [1.82, 2.24) is 30.2 Å². The van der Waals surface area contributed by atoms with Gasteiger partial charge in [0.15, 0.2) is 0 Å². The molecule has 0 spiro atoms. The molecule has 10 heteroatoms. The largest absolute Gasteiger partial charge is 0.352 e. The van der Waals surface area contributed by atoms with Crippen LogP contribution in [0.3, 0.4) is 0 Å². The van der Waals surface area contributed by atoms with Crippen molar-refractivity contribution in [1.29, 1.82) is 0 Å². The first-order valence-electron chi connectivity index (χ1n) is 8.85. The average molecular weight is 408 g/mol. The van der Waals surface area contributed by atoms with Crippen LogP contribution in [-0.4, -0.2) is 37.4 Å². The lowest BCUT2D eigenvalue weighted by Gasteiger charge is -2.05. The molecule has 0 saturated carbocycles. The molecule has 4 aromatic heterocycles. The normalized spacial score (nSPS) is 10.9. The molecule has 0 aromatic carbocycles. The first-order valence-corrected chi connectivity index (χ1v) is 9.73. The number of carbonyl (C=O) groups is 1. The van der Waals surface area contributed by atoms with E-state index in [1.165, 1.54) is 12.3 Å². The van der Waals surface area contributed by atoms with Crippen molar-refractivity contribution in [2.45, 2.75) is 12.8 Å².